The van der Waals surface area contributed by atoms with Crippen molar-refractivity contribution in [3.63, 3.8) is 0 Å². The predicted octanol–water partition coefficient (Wildman–Crippen LogP) is 3.55. The fraction of sp³-hybridized carbons (Fsp3) is 0.609. The zero-order chi connectivity index (χ0) is 22.7. The van der Waals surface area contributed by atoms with Gasteiger partial charge in [0.05, 0.1) is 0 Å². The third-order valence-corrected chi connectivity index (χ3v) is 8.07. The molecule has 1 unspecified atom stereocenters. The van der Waals surface area contributed by atoms with Crippen LogP contribution in [-0.2, 0) is 25.7 Å². The van der Waals surface area contributed by atoms with E-state index in [0.717, 1.165) is 29.7 Å². The summed E-state index contributed by atoms with van der Waals surface area (Å²) in [4.78, 5) is 13.5. The number of piperidine rings is 1. The number of carboxylic acid groups (broad SMARTS) is 1. The van der Waals surface area contributed by atoms with Crippen molar-refractivity contribution < 1.29 is 28.8 Å². The number of phenolic OH excluding ortho intramolecular Hbond substituents is 1. The molecule has 1 saturated heterocycles. The Morgan fingerprint density at radius 1 is 1.39 bits per heavy atom. The summed E-state index contributed by atoms with van der Waals surface area (Å²) in [5.74, 6) is -0.251. The zero-order valence-corrected chi connectivity index (χ0v) is 19.7. The van der Waals surface area contributed by atoms with Crippen LogP contribution in [0.5, 0.6) is 11.5 Å². The van der Waals surface area contributed by atoms with Crippen LogP contribution in [0.2, 0.25) is 0 Å². The summed E-state index contributed by atoms with van der Waals surface area (Å²) in [5.41, 5.74) is 2.33. The van der Waals surface area contributed by atoms with Crippen molar-refractivity contribution in [3.05, 3.63) is 34.9 Å². The number of carboxylic acids is 1. The van der Waals surface area contributed by atoms with Gasteiger partial charge in [-0.25, -0.2) is 0 Å². The summed E-state index contributed by atoms with van der Waals surface area (Å²) in [5, 5.41) is 20.0. The van der Waals surface area contributed by atoms with Crippen LogP contribution in [0, 0.1) is 12.8 Å². The Bertz CT molecular complexity index is 985. The van der Waals surface area contributed by atoms with Gasteiger partial charge in [-0.15, -0.1) is 0 Å². The zero-order valence-electron chi connectivity index (χ0n) is 18.8. The Hall–Kier alpha value is -1.82. The number of likely N-dealkylation sites (tertiary alicyclic amines) is 1. The molecule has 5 atom stereocenters. The Kier molecular flexibility index (Phi) is 5.52. The van der Waals surface area contributed by atoms with E-state index in [2.05, 4.69) is 24.9 Å². The maximum atomic E-state index is 12.5. The smallest absolute Gasteiger partial charge is 0.303 e. The molecule has 4 rings (SSSR count). The molecule has 2 aliphatic heterocycles. The lowest BCUT2D eigenvalue weighted by Gasteiger charge is -2.53. The lowest BCUT2D eigenvalue weighted by atomic mass is 9.57. The summed E-state index contributed by atoms with van der Waals surface area (Å²) in [7, 11) is -0.670. The quantitative estimate of drug-likeness (QED) is 0.524. The summed E-state index contributed by atoms with van der Waals surface area (Å²) in [6, 6.07) is 1.87. The standard InChI is InChI=1S/C23H32NO6P/c1-13-15(6-9-19(26)27)12-17(25)21-20(13)23-10-11-24(3)14(2)16(23)7-8-18(22(23)29-21)30-31(4,5)28/h7-8,12,14,16,18,22,25H,6,9-11H2,1-5H3,(H,26,27)/t14-,16?,18+,22+,23+/m1/s1. The Morgan fingerprint density at radius 3 is 2.74 bits per heavy atom. The molecule has 2 N–H and O–H groups in total. The van der Waals surface area contributed by atoms with Gasteiger partial charge in [-0.2, -0.15) is 0 Å². The summed E-state index contributed by atoms with van der Waals surface area (Å²) >= 11 is 0. The first-order valence-electron chi connectivity index (χ1n) is 10.8. The number of rotatable bonds is 5. The normalized spacial score (nSPS) is 32.2. The van der Waals surface area contributed by atoms with Gasteiger partial charge in [0.2, 0.25) is 0 Å². The molecule has 8 heteroatoms. The van der Waals surface area contributed by atoms with Gasteiger partial charge in [0.15, 0.2) is 18.9 Å². The second-order valence-corrected chi connectivity index (χ2v) is 12.3. The molecule has 31 heavy (non-hydrogen) atoms. The molecule has 0 radical (unpaired) electrons. The Labute approximate surface area is 183 Å². The van der Waals surface area contributed by atoms with Crippen LogP contribution in [-0.4, -0.2) is 66.3 Å². The van der Waals surface area contributed by atoms with Crippen molar-refractivity contribution >= 4 is 13.3 Å². The highest BCUT2D eigenvalue weighted by Crippen LogP contribution is 2.61. The van der Waals surface area contributed by atoms with Crippen molar-refractivity contribution in [1.82, 2.24) is 4.90 Å². The molecule has 3 aliphatic rings. The van der Waals surface area contributed by atoms with Crippen molar-refractivity contribution in [3.8, 4) is 11.5 Å². The maximum absolute atomic E-state index is 12.5. The van der Waals surface area contributed by atoms with Crippen molar-refractivity contribution in [1.29, 1.82) is 0 Å². The second kappa shape index (κ2) is 7.65. The van der Waals surface area contributed by atoms with E-state index in [1.807, 2.05) is 13.0 Å². The molecular formula is C23H32NO6P. The average molecular weight is 449 g/mol. The van der Waals surface area contributed by atoms with Gasteiger partial charge < -0.3 is 24.4 Å². The Morgan fingerprint density at radius 2 is 2.10 bits per heavy atom. The predicted molar refractivity (Wildman–Crippen MR) is 119 cm³/mol. The molecule has 0 aromatic heterocycles. The number of phenols is 1. The first-order valence-corrected chi connectivity index (χ1v) is 13.3. The molecule has 7 nitrogen and oxygen atoms in total. The SMILES string of the molecule is Cc1c(CCC(=O)O)cc(O)c2c1[C@]13CCN(C)[C@H](C)C1C=C[C@H](OP(C)(C)=O)[C@@H]3O2. The minimum atomic E-state index is -2.78. The molecule has 1 fully saturated rings. The van der Waals surface area contributed by atoms with Gasteiger partial charge in [0, 0.05) is 42.7 Å². The third-order valence-electron chi connectivity index (χ3n) is 7.32. The monoisotopic (exact) mass is 449 g/mol. The minimum Gasteiger partial charge on any atom is -0.504 e. The van der Waals surface area contributed by atoms with Gasteiger partial charge in [-0.05, 0) is 57.5 Å². The maximum Gasteiger partial charge on any atom is 0.303 e. The van der Waals surface area contributed by atoms with E-state index in [1.165, 1.54) is 0 Å². The highest BCUT2D eigenvalue weighted by atomic mass is 31.2. The number of aryl methyl sites for hydroxylation is 1. The van der Waals surface area contributed by atoms with E-state index in [0.29, 0.717) is 12.2 Å². The van der Waals surface area contributed by atoms with Crippen LogP contribution in [0.4, 0.5) is 0 Å². The summed E-state index contributed by atoms with van der Waals surface area (Å²) in [6.45, 7) is 8.25. The largest absolute Gasteiger partial charge is 0.504 e. The van der Waals surface area contributed by atoms with Gasteiger partial charge >= 0.3 is 5.97 Å². The first-order chi connectivity index (χ1) is 14.5. The van der Waals surface area contributed by atoms with Crippen LogP contribution < -0.4 is 4.74 Å². The lowest BCUT2D eigenvalue weighted by Crippen LogP contribution is -2.62. The number of fused-ring (bicyclic) bond motifs is 1. The molecule has 0 amide bonds. The second-order valence-electron chi connectivity index (χ2n) is 9.56. The molecule has 1 spiro atoms. The van der Waals surface area contributed by atoms with Crippen LogP contribution in [0.3, 0.4) is 0 Å². The van der Waals surface area contributed by atoms with E-state index in [-0.39, 0.29) is 24.1 Å². The highest BCUT2D eigenvalue weighted by molar-refractivity contribution is 7.57. The number of benzene rings is 1. The molecule has 2 heterocycles. The lowest BCUT2D eigenvalue weighted by molar-refractivity contribution is -0.136. The van der Waals surface area contributed by atoms with Crippen LogP contribution in [0.1, 0.15) is 36.5 Å². The fourth-order valence-electron chi connectivity index (χ4n) is 5.82. The van der Waals surface area contributed by atoms with Crippen LogP contribution in [0.15, 0.2) is 18.2 Å². The highest BCUT2D eigenvalue weighted by Gasteiger charge is 2.62. The number of hydrogen-bond donors (Lipinski definition) is 2. The third kappa shape index (κ3) is 3.61. The topological polar surface area (TPSA) is 96.3 Å². The number of aromatic hydroxyl groups is 1. The van der Waals surface area contributed by atoms with Gasteiger partial charge in [0.25, 0.3) is 0 Å². The molecule has 0 saturated carbocycles. The van der Waals surface area contributed by atoms with Crippen molar-refractivity contribution in [2.24, 2.45) is 5.92 Å². The molecule has 1 aliphatic carbocycles. The van der Waals surface area contributed by atoms with E-state index in [4.69, 9.17) is 14.4 Å². The van der Waals surface area contributed by atoms with Crippen molar-refractivity contribution in [2.45, 2.75) is 56.8 Å². The molecule has 1 aromatic rings. The first kappa shape index (κ1) is 22.4. The van der Waals surface area contributed by atoms with Gasteiger partial charge in [0.1, 0.15) is 12.2 Å². The van der Waals surface area contributed by atoms with Gasteiger partial charge in [-0.1, -0.05) is 12.2 Å². The summed E-state index contributed by atoms with van der Waals surface area (Å²) in [6.07, 6.45) is 4.39. The van der Waals surface area contributed by atoms with Crippen LogP contribution >= 0.6 is 7.37 Å². The number of hydrogen-bond acceptors (Lipinski definition) is 6. The number of aliphatic carboxylic acids is 1. The van der Waals surface area contributed by atoms with E-state index in [9.17, 15) is 14.5 Å². The average Bonchev–Trinajstić information content (AvgIpc) is 3.02. The fourth-order valence-corrected chi connectivity index (χ4v) is 6.59. The number of nitrogens with zero attached hydrogens (tertiary/aromatic N) is 1. The van der Waals surface area contributed by atoms with Gasteiger partial charge in [-0.3, -0.25) is 9.36 Å². The van der Waals surface area contributed by atoms with E-state index in [1.54, 1.807) is 19.4 Å². The minimum absolute atomic E-state index is 0.000584. The molecule has 0 bridgehead atoms. The summed E-state index contributed by atoms with van der Waals surface area (Å²) < 4.78 is 24.9. The van der Waals surface area contributed by atoms with Crippen molar-refractivity contribution in [2.75, 3.05) is 26.9 Å². The van der Waals surface area contributed by atoms with E-state index >= 15 is 0 Å². The van der Waals surface area contributed by atoms with Crippen LogP contribution in [0.25, 0.3) is 0 Å². The molecular weight excluding hydrogens is 417 g/mol. The number of ether oxygens (including phenoxy) is 1. The molecule has 1 aromatic carbocycles. The van der Waals surface area contributed by atoms with E-state index < -0.39 is 31.0 Å². The Balaban J connectivity index is 1.89. The number of carbonyl (C=O) groups is 1. The molecule has 170 valence electrons.